The normalized spacial score (nSPS) is 12.7. The molecule has 0 saturated heterocycles. The molecular formula is C27H38N4O2S2. The van der Waals surface area contributed by atoms with Gasteiger partial charge in [0, 0.05) is 11.4 Å². The van der Waals surface area contributed by atoms with Crippen molar-refractivity contribution in [2.75, 3.05) is 5.75 Å². The highest BCUT2D eigenvalue weighted by Gasteiger charge is 2.23. The van der Waals surface area contributed by atoms with Crippen molar-refractivity contribution in [1.82, 2.24) is 19.5 Å². The zero-order valence-electron chi connectivity index (χ0n) is 21.3. The number of unbranched alkanes of at least 4 members (excludes halogenated alkanes) is 5. The van der Waals surface area contributed by atoms with Crippen molar-refractivity contribution in [3.63, 3.8) is 0 Å². The average Bonchev–Trinajstić information content (AvgIpc) is 3.25. The van der Waals surface area contributed by atoms with E-state index in [2.05, 4.69) is 40.9 Å². The summed E-state index contributed by atoms with van der Waals surface area (Å²) >= 11 is 1.60. The van der Waals surface area contributed by atoms with Gasteiger partial charge in [-0.1, -0.05) is 92.8 Å². The monoisotopic (exact) mass is 514 g/mol. The van der Waals surface area contributed by atoms with Crippen LogP contribution in [0, 0.1) is 13.8 Å². The molecule has 0 aliphatic carbocycles. The lowest BCUT2D eigenvalue weighted by atomic mass is 10.1. The third-order valence-corrected chi connectivity index (χ3v) is 8.60. The average molecular weight is 515 g/mol. The van der Waals surface area contributed by atoms with E-state index in [9.17, 15) is 8.42 Å². The molecule has 0 aliphatic heterocycles. The van der Waals surface area contributed by atoms with Crippen LogP contribution in [0.25, 0.3) is 5.69 Å². The van der Waals surface area contributed by atoms with Gasteiger partial charge in [0.25, 0.3) is 0 Å². The Hall–Kier alpha value is -2.16. The summed E-state index contributed by atoms with van der Waals surface area (Å²) < 4.78 is 30.4. The number of nitrogens with one attached hydrogen (secondary N) is 1. The molecule has 0 spiro atoms. The Balaban J connectivity index is 1.76. The summed E-state index contributed by atoms with van der Waals surface area (Å²) in [6.45, 7) is 8.16. The van der Waals surface area contributed by atoms with E-state index in [1.807, 2.05) is 54.8 Å². The zero-order valence-corrected chi connectivity index (χ0v) is 23.0. The second-order valence-electron chi connectivity index (χ2n) is 9.15. The predicted octanol–water partition coefficient (Wildman–Crippen LogP) is 6.52. The highest BCUT2D eigenvalue weighted by Crippen LogP contribution is 2.28. The number of hydrogen-bond acceptors (Lipinski definition) is 5. The first-order valence-electron chi connectivity index (χ1n) is 12.5. The first-order valence-corrected chi connectivity index (χ1v) is 15.1. The van der Waals surface area contributed by atoms with Crippen molar-refractivity contribution in [3.05, 3.63) is 71.0 Å². The van der Waals surface area contributed by atoms with Gasteiger partial charge < -0.3 is 0 Å². The Bertz CT molecular complexity index is 1170. The minimum atomic E-state index is -3.42. The predicted molar refractivity (Wildman–Crippen MR) is 146 cm³/mol. The summed E-state index contributed by atoms with van der Waals surface area (Å²) in [7, 11) is -3.42. The van der Waals surface area contributed by atoms with E-state index in [0.717, 1.165) is 35.0 Å². The molecule has 2 aromatic carbocycles. The van der Waals surface area contributed by atoms with E-state index in [1.54, 1.807) is 11.8 Å². The van der Waals surface area contributed by atoms with Crippen LogP contribution in [-0.2, 0) is 15.8 Å². The molecule has 1 unspecified atom stereocenters. The largest absolute Gasteiger partial charge is 0.273 e. The minimum absolute atomic E-state index is 0.136. The van der Waals surface area contributed by atoms with E-state index < -0.39 is 16.1 Å². The molecule has 1 atom stereocenters. The summed E-state index contributed by atoms with van der Waals surface area (Å²) in [6, 6.07) is 15.9. The molecule has 0 aliphatic rings. The van der Waals surface area contributed by atoms with Crippen LogP contribution in [0.4, 0.5) is 0 Å². The Labute approximate surface area is 215 Å². The maximum atomic E-state index is 12.8. The van der Waals surface area contributed by atoms with E-state index in [-0.39, 0.29) is 5.75 Å². The second-order valence-corrected chi connectivity index (χ2v) is 12.0. The van der Waals surface area contributed by atoms with Crippen LogP contribution in [0.15, 0.2) is 53.7 Å². The van der Waals surface area contributed by atoms with Crippen LogP contribution < -0.4 is 4.72 Å². The lowest BCUT2D eigenvalue weighted by Crippen LogP contribution is -2.30. The van der Waals surface area contributed by atoms with Gasteiger partial charge in [-0.3, -0.25) is 4.57 Å². The smallest absolute Gasteiger partial charge is 0.212 e. The van der Waals surface area contributed by atoms with Gasteiger partial charge in [0.05, 0.1) is 11.8 Å². The highest BCUT2D eigenvalue weighted by molar-refractivity contribution is 7.98. The van der Waals surface area contributed by atoms with E-state index in [4.69, 9.17) is 0 Å². The van der Waals surface area contributed by atoms with Crippen molar-refractivity contribution in [2.45, 2.75) is 83.2 Å². The molecule has 3 aromatic rings. The van der Waals surface area contributed by atoms with Crippen molar-refractivity contribution < 1.29 is 8.42 Å². The molecule has 35 heavy (non-hydrogen) atoms. The summed E-state index contributed by atoms with van der Waals surface area (Å²) in [5.74, 6) is 1.49. The van der Waals surface area contributed by atoms with Crippen molar-refractivity contribution in [3.8, 4) is 5.69 Å². The fraction of sp³-hybridized carbons (Fsp3) is 0.481. The number of sulfonamides is 1. The quantitative estimate of drug-likeness (QED) is 0.196. The Morgan fingerprint density at radius 3 is 2.34 bits per heavy atom. The fourth-order valence-corrected chi connectivity index (χ4v) is 6.34. The molecule has 0 radical (unpaired) electrons. The fourth-order valence-electron chi connectivity index (χ4n) is 3.96. The van der Waals surface area contributed by atoms with Crippen LogP contribution >= 0.6 is 11.8 Å². The van der Waals surface area contributed by atoms with Crippen LogP contribution in [0.2, 0.25) is 0 Å². The third-order valence-electron chi connectivity index (χ3n) is 6.08. The lowest BCUT2D eigenvalue weighted by molar-refractivity contribution is 0.549. The Morgan fingerprint density at radius 1 is 0.943 bits per heavy atom. The summed E-state index contributed by atoms with van der Waals surface area (Å²) in [6.07, 6.45) is 6.26. The summed E-state index contributed by atoms with van der Waals surface area (Å²) in [4.78, 5) is 0. The lowest BCUT2D eigenvalue weighted by Gasteiger charge is -2.17. The maximum Gasteiger partial charge on any atom is 0.212 e. The van der Waals surface area contributed by atoms with Crippen LogP contribution in [-0.4, -0.2) is 28.9 Å². The Kier molecular flexibility index (Phi) is 10.4. The minimum Gasteiger partial charge on any atom is -0.273 e. The second kappa shape index (κ2) is 13.2. The van der Waals surface area contributed by atoms with Gasteiger partial charge in [-0.25, -0.2) is 13.1 Å². The Morgan fingerprint density at radius 2 is 1.63 bits per heavy atom. The zero-order chi connectivity index (χ0) is 25.3. The molecule has 3 rings (SSSR count). The van der Waals surface area contributed by atoms with Gasteiger partial charge in [0.15, 0.2) is 11.0 Å². The first kappa shape index (κ1) is 27.4. The van der Waals surface area contributed by atoms with E-state index in [0.29, 0.717) is 12.2 Å². The molecule has 8 heteroatoms. The number of rotatable bonds is 14. The van der Waals surface area contributed by atoms with Gasteiger partial charge >= 0.3 is 0 Å². The number of aryl methyl sites for hydroxylation is 2. The van der Waals surface area contributed by atoms with E-state index >= 15 is 0 Å². The molecular weight excluding hydrogens is 476 g/mol. The first-order chi connectivity index (χ1) is 16.8. The van der Waals surface area contributed by atoms with E-state index in [1.165, 1.54) is 30.4 Å². The summed E-state index contributed by atoms with van der Waals surface area (Å²) in [5, 5.41) is 9.63. The molecule has 0 amide bonds. The van der Waals surface area contributed by atoms with Gasteiger partial charge in [0.1, 0.15) is 0 Å². The molecule has 190 valence electrons. The summed E-state index contributed by atoms with van der Waals surface area (Å²) in [5.41, 5.74) is 4.55. The highest BCUT2D eigenvalue weighted by atomic mass is 32.2. The molecule has 0 bridgehead atoms. The van der Waals surface area contributed by atoms with Gasteiger partial charge in [-0.15, -0.1) is 10.2 Å². The number of nitrogens with zero attached hydrogens (tertiary/aromatic N) is 3. The topological polar surface area (TPSA) is 76.9 Å². The van der Waals surface area contributed by atoms with Crippen LogP contribution in [0.1, 0.15) is 80.9 Å². The SMILES string of the molecule is CCCCCCCCS(=O)(=O)NC(C)c1nnc(SCc2ccccc2C)n1-c1ccc(C)cc1. The van der Waals surface area contributed by atoms with Gasteiger partial charge in [-0.05, 0) is 50.5 Å². The maximum absolute atomic E-state index is 12.8. The number of hydrogen-bond donors (Lipinski definition) is 1. The molecule has 1 N–H and O–H groups in total. The van der Waals surface area contributed by atoms with Gasteiger partial charge in [0.2, 0.25) is 10.0 Å². The van der Waals surface area contributed by atoms with Crippen molar-refractivity contribution in [2.24, 2.45) is 0 Å². The van der Waals surface area contributed by atoms with Crippen LogP contribution in [0.3, 0.4) is 0 Å². The molecule has 1 heterocycles. The molecule has 1 aromatic heterocycles. The van der Waals surface area contributed by atoms with Crippen LogP contribution in [0.5, 0.6) is 0 Å². The molecule has 0 saturated carbocycles. The van der Waals surface area contributed by atoms with Crippen molar-refractivity contribution in [1.29, 1.82) is 0 Å². The third kappa shape index (κ3) is 8.19. The van der Waals surface area contributed by atoms with Gasteiger partial charge in [-0.2, -0.15) is 0 Å². The molecule has 6 nitrogen and oxygen atoms in total. The number of benzene rings is 2. The standard InChI is InChI=1S/C27H38N4O2S2/c1-5-6-7-8-9-12-19-35(32,33)30-23(4)26-28-29-27(31(26)25-17-15-21(2)16-18-25)34-20-24-14-11-10-13-22(24)3/h10-11,13-18,23,30H,5-9,12,19-20H2,1-4H3. The van der Waals surface area contributed by atoms with Crippen molar-refractivity contribution >= 4 is 21.8 Å². The number of aromatic nitrogens is 3. The number of thioether (sulfide) groups is 1. The molecule has 0 fully saturated rings.